The van der Waals surface area contributed by atoms with E-state index in [1.165, 1.54) is 0 Å². The highest BCUT2D eigenvalue weighted by Gasteiger charge is 2.44. The molecule has 0 bridgehead atoms. The molecule has 9 nitrogen and oxygen atoms in total. The van der Waals surface area contributed by atoms with Crippen molar-refractivity contribution in [2.45, 2.75) is 64.2 Å². The number of nitrogens with two attached hydrogens (primary N) is 1. The number of amides is 4. The van der Waals surface area contributed by atoms with Crippen molar-refractivity contribution in [3.05, 3.63) is 71.8 Å². The number of carbonyl (C=O) groups excluding carboxylic acids is 4. The number of primary amides is 1. The first kappa shape index (κ1) is 29.3. The fraction of sp³-hybridized carbons (Fsp3) is 0.484. The molecule has 4 amide bonds. The highest BCUT2D eigenvalue weighted by Crippen LogP contribution is 2.24. The largest absolute Gasteiger partial charge is 0.368 e. The highest BCUT2D eigenvalue weighted by molar-refractivity contribution is 5.95. The number of nitrogens with zero attached hydrogens (tertiary/aromatic N) is 3. The smallest absolute Gasteiger partial charge is 0.246 e. The van der Waals surface area contributed by atoms with E-state index in [4.69, 9.17) is 5.73 Å². The van der Waals surface area contributed by atoms with Crippen LogP contribution in [0.25, 0.3) is 0 Å². The van der Waals surface area contributed by atoms with Gasteiger partial charge in [0.15, 0.2) is 0 Å². The molecular formula is C31H41N5O4. The Morgan fingerprint density at radius 2 is 1.45 bits per heavy atom. The summed E-state index contributed by atoms with van der Waals surface area (Å²) in [6, 6.07) is 16.7. The quantitative estimate of drug-likeness (QED) is 0.469. The molecule has 214 valence electrons. The number of hydrogen-bond donors (Lipinski definition) is 2. The van der Waals surface area contributed by atoms with Crippen LogP contribution in [0.2, 0.25) is 0 Å². The molecule has 2 heterocycles. The Kier molecular flexibility index (Phi) is 9.58. The van der Waals surface area contributed by atoms with E-state index in [0.29, 0.717) is 32.4 Å². The van der Waals surface area contributed by atoms with Crippen molar-refractivity contribution < 1.29 is 19.2 Å². The molecule has 9 heteroatoms. The highest BCUT2D eigenvalue weighted by atomic mass is 16.2. The fourth-order valence-corrected chi connectivity index (χ4v) is 5.78. The van der Waals surface area contributed by atoms with E-state index in [-0.39, 0.29) is 36.7 Å². The van der Waals surface area contributed by atoms with Gasteiger partial charge in [-0.3, -0.25) is 19.2 Å². The van der Waals surface area contributed by atoms with Crippen LogP contribution in [0.1, 0.15) is 38.3 Å². The molecule has 0 saturated carbocycles. The van der Waals surface area contributed by atoms with Crippen molar-refractivity contribution in [3.8, 4) is 0 Å². The monoisotopic (exact) mass is 547 g/mol. The number of benzene rings is 2. The first-order valence-electron chi connectivity index (χ1n) is 14.2. The van der Waals surface area contributed by atoms with E-state index in [1.807, 2.05) is 74.5 Å². The molecule has 2 aliphatic rings. The molecular weight excluding hydrogens is 506 g/mol. The second-order valence-corrected chi connectivity index (χ2v) is 11.2. The van der Waals surface area contributed by atoms with Crippen LogP contribution in [0.3, 0.4) is 0 Å². The summed E-state index contributed by atoms with van der Waals surface area (Å²) in [5.41, 5.74) is 7.69. The lowest BCUT2D eigenvalue weighted by atomic mass is 9.96. The lowest BCUT2D eigenvalue weighted by molar-refractivity contribution is -0.160. The number of carbonyl (C=O) groups is 4. The van der Waals surface area contributed by atoms with Crippen molar-refractivity contribution >= 4 is 23.6 Å². The molecule has 4 atom stereocenters. The van der Waals surface area contributed by atoms with E-state index in [0.717, 1.165) is 11.1 Å². The molecule has 4 rings (SSSR count). The third kappa shape index (κ3) is 6.70. The molecule has 2 saturated heterocycles. The topological polar surface area (TPSA) is 116 Å². The molecule has 0 spiro atoms. The number of piperazine rings is 2. The van der Waals surface area contributed by atoms with Gasteiger partial charge in [0, 0.05) is 32.6 Å². The van der Waals surface area contributed by atoms with Gasteiger partial charge < -0.3 is 25.8 Å². The van der Waals surface area contributed by atoms with Gasteiger partial charge in [-0.15, -0.1) is 0 Å². The van der Waals surface area contributed by atoms with Crippen molar-refractivity contribution in [3.63, 3.8) is 0 Å². The van der Waals surface area contributed by atoms with Crippen molar-refractivity contribution in [2.24, 2.45) is 11.7 Å². The molecule has 2 aromatic rings. The van der Waals surface area contributed by atoms with E-state index >= 15 is 0 Å². The maximum Gasteiger partial charge on any atom is 0.246 e. The fourth-order valence-electron chi connectivity index (χ4n) is 5.78. The van der Waals surface area contributed by atoms with Gasteiger partial charge in [0.05, 0.1) is 6.04 Å². The maximum absolute atomic E-state index is 14.0. The van der Waals surface area contributed by atoms with Crippen molar-refractivity contribution in [1.82, 2.24) is 20.0 Å². The Bertz CT molecular complexity index is 1190. The molecule has 3 N–H and O–H groups in total. The van der Waals surface area contributed by atoms with E-state index in [9.17, 15) is 19.2 Å². The molecule has 0 aliphatic carbocycles. The number of nitrogens with one attached hydrogen (secondary N) is 1. The first-order valence-corrected chi connectivity index (χ1v) is 14.2. The molecule has 2 aromatic carbocycles. The second kappa shape index (κ2) is 13.1. The van der Waals surface area contributed by atoms with Gasteiger partial charge in [-0.25, -0.2) is 0 Å². The Labute approximate surface area is 236 Å². The minimum absolute atomic E-state index is 0.119. The molecule has 0 radical (unpaired) electrons. The van der Waals surface area contributed by atoms with Crippen LogP contribution in [-0.4, -0.2) is 88.7 Å². The van der Waals surface area contributed by atoms with E-state index in [2.05, 4.69) is 5.32 Å². The molecule has 0 unspecified atom stereocenters. The molecule has 2 aliphatic heterocycles. The summed E-state index contributed by atoms with van der Waals surface area (Å²) in [5.74, 6) is -1.04. The van der Waals surface area contributed by atoms with Gasteiger partial charge in [0.2, 0.25) is 23.6 Å². The summed E-state index contributed by atoms with van der Waals surface area (Å²) in [4.78, 5) is 58.6. The summed E-state index contributed by atoms with van der Waals surface area (Å²) in [5, 5.41) is 3.29. The number of rotatable bonds is 10. The van der Waals surface area contributed by atoms with Crippen LogP contribution in [0, 0.1) is 5.92 Å². The average Bonchev–Trinajstić information content (AvgIpc) is 2.94. The third-order valence-electron chi connectivity index (χ3n) is 7.91. The summed E-state index contributed by atoms with van der Waals surface area (Å²) in [6.45, 7) is 7.18. The van der Waals surface area contributed by atoms with Gasteiger partial charge in [-0.1, -0.05) is 74.5 Å². The van der Waals surface area contributed by atoms with Gasteiger partial charge in [0.25, 0.3) is 0 Å². The van der Waals surface area contributed by atoms with Crippen LogP contribution < -0.4 is 11.1 Å². The lowest BCUT2D eigenvalue weighted by Gasteiger charge is -2.45. The first-order chi connectivity index (χ1) is 19.2. The van der Waals surface area contributed by atoms with Gasteiger partial charge in [-0.05, 0) is 36.8 Å². The predicted octanol–water partition coefficient (Wildman–Crippen LogP) is 1.60. The third-order valence-corrected chi connectivity index (χ3v) is 7.91. The minimum Gasteiger partial charge on any atom is -0.368 e. The van der Waals surface area contributed by atoms with Crippen LogP contribution in [0.15, 0.2) is 60.7 Å². The lowest BCUT2D eigenvalue weighted by Crippen LogP contribution is -2.67. The van der Waals surface area contributed by atoms with Gasteiger partial charge in [0.1, 0.15) is 18.1 Å². The van der Waals surface area contributed by atoms with E-state index in [1.54, 1.807) is 21.6 Å². The SMILES string of the molecule is CC(C)C[C@@H](C(N)=O)N1CCN(C(=O)[C@H](C)N2CCN[C@@H](Cc3ccccc3)C2=O)[C@@H](Cc2ccccc2)C1=O. The summed E-state index contributed by atoms with van der Waals surface area (Å²) in [7, 11) is 0. The standard InChI is InChI=1S/C31H41N5O4/c1-21(2)18-26(28(32)37)35-16-17-36(27(31(35)40)20-24-12-8-5-9-13-24)29(38)22(3)34-15-14-33-25(30(34)39)19-23-10-6-4-7-11-23/h4-13,21-22,25-27,33H,14-20H2,1-3H3,(H2,32,37)/t22-,25-,26-,27-/m0/s1. The summed E-state index contributed by atoms with van der Waals surface area (Å²) in [6.07, 6.45) is 1.31. The maximum atomic E-state index is 14.0. The molecule has 0 aromatic heterocycles. The predicted molar refractivity (Wildman–Crippen MR) is 153 cm³/mol. The Hall–Kier alpha value is -3.72. The van der Waals surface area contributed by atoms with Crippen LogP contribution in [0.4, 0.5) is 0 Å². The molecule has 40 heavy (non-hydrogen) atoms. The van der Waals surface area contributed by atoms with Gasteiger partial charge in [-0.2, -0.15) is 0 Å². The zero-order valence-electron chi connectivity index (χ0n) is 23.7. The van der Waals surface area contributed by atoms with Crippen LogP contribution >= 0.6 is 0 Å². The summed E-state index contributed by atoms with van der Waals surface area (Å²) < 4.78 is 0. The Balaban J connectivity index is 1.55. The second-order valence-electron chi connectivity index (χ2n) is 11.2. The summed E-state index contributed by atoms with van der Waals surface area (Å²) >= 11 is 0. The molecule has 2 fully saturated rings. The number of hydrogen-bond acceptors (Lipinski definition) is 5. The van der Waals surface area contributed by atoms with E-state index < -0.39 is 30.1 Å². The Morgan fingerprint density at radius 1 is 0.850 bits per heavy atom. The minimum atomic E-state index is -0.793. The van der Waals surface area contributed by atoms with Gasteiger partial charge >= 0.3 is 0 Å². The zero-order chi connectivity index (χ0) is 28.8. The van der Waals surface area contributed by atoms with Crippen LogP contribution in [-0.2, 0) is 32.0 Å². The zero-order valence-corrected chi connectivity index (χ0v) is 23.7. The average molecular weight is 548 g/mol. The van der Waals surface area contributed by atoms with Crippen molar-refractivity contribution in [1.29, 1.82) is 0 Å². The normalized spacial score (nSPS) is 21.4. The Morgan fingerprint density at radius 3 is 2.02 bits per heavy atom. The van der Waals surface area contributed by atoms with Crippen molar-refractivity contribution in [2.75, 3.05) is 26.2 Å². The van der Waals surface area contributed by atoms with Crippen LogP contribution in [0.5, 0.6) is 0 Å².